The van der Waals surface area contributed by atoms with E-state index in [-0.39, 0.29) is 12.2 Å². The Morgan fingerprint density at radius 1 is 1.32 bits per heavy atom. The molecule has 1 heterocycles. The highest BCUT2D eigenvalue weighted by Gasteiger charge is 2.16. The van der Waals surface area contributed by atoms with Crippen LogP contribution in [0, 0.1) is 27.2 Å². The van der Waals surface area contributed by atoms with E-state index in [9.17, 15) is 25.0 Å². The molecule has 114 valence electrons. The van der Waals surface area contributed by atoms with Gasteiger partial charge in [0.1, 0.15) is 6.54 Å². The largest absolute Gasteiger partial charge is 0.490 e. The van der Waals surface area contributed by atoms with Crippen LogP contribution < -0.4 is 5.32 Å². The van der Waals surface area contributed by atoms with Crippen LogP contribution in [0.25, 0.3) is 0 Å². The fourth-order valence-electron chi connectivity index (χ4n) is 1.68. The average molecular weight is 306 g/mol. The second kappa shape index (κ2) is 5.95. The SMILES string of the molecule is Cc1cc([N+](=O)[O-])ccc1NC(=O)Cn1cnc([N+](=O)[O-])n1. The highest BCUT2D eigenvalue weighted by Crippen LogP contribution is 2.21. The first kappa shape index (κ1) is 15.0. The molecule has 0 fully saturated rings. The number of carbonyl (C=O) groups excluding carboxylic acids is 1. The Kier molecular flexibility index (Phi) is 4.06. The van der Waals surface area contributed by atoms with Crippen molar-refractivity contribution in [2.75, 3.05) is 5.32 Å². The Bertz CT molecular complexity index is 755. The number of nitro benzene ring substituents is 1. The summed E-state index contributed by atoms with van der Waals surface area (Å²) in [6.07, 6.45) is 1.07. The third kappa shape index (κ3) is 3.39. The minimum Gasteiger partial charge on any atom is -0.390 e. The molecule has 0 aliphatic carbocycles. The van der Waals surface area contributed by atoms with Gasteiger partial charge in [-0.1, -0.05) is 4.98 Å². The summed E-state index contributed by atoms with van der Waals surface area (Å²) in [7, 11) is 0. The van der Waals surface area contributed by atoms with Crippen molar-refractivity contribution in [1.29, 1.82) is 0 Å². The van der Waals surface area contributed by atoms with Gasteiger partial charge in [0.2, 0.25) is 12.2 Å². The lowest BCUT2D eigenvalue weighted by molar-refractivity contribution is -0.394. The summed E-state index contributed by atoms with van der Waals surface area (Å²) in [5, 5.41) is 27.1. The molecule has 0 atom stereocenters. The van der Waals surface area contributed by atoms with Crippen molar-refractivity contribution in [3.05, 3.63) is 50.3 Å². The fraction of sp³-hybridized carbons (Fsp3) is 0.182. The molecule has 2 aromatic rings. The van der Waals surface area contributed by atoms with E-state index in [1.54, 1.807) is 6.92 Å². The van der Waals surface area contributed by atoms with E-state index < -0.39 is 21.7 Å². The van der Waals surface area contributed by atoms with E-state index >= 15 is 0 Å². The fourth-order valence-corrected chi connectivity index (χ4v) is 1.68. The number of non-ortho nitro benzene ring substituents is 1. The summed E-state index contributed by atoms with van der Waals surface area (Å²) in [6.45, 7) is 1.35. The Hall–Kier alpha value is -3.37. The quantitative estimate of drug-likeness (QED) is 0.641. The average Bonchev–Trinajstić information content (AvgIpc) is 2.89. The second-order valence-electron chi connectivity index (χ2n) is 4.30. The number of aryl methyl sites for hydroxylation is 1. The van der Waals surface area contributed by atoms with E-state index in [0.29, 0.717) is 11.3 Å². The lowest BCUT2D eigenvalue weighted by atomic mass is 10.2. The van der Waals surface area contributed by atoms with Gasteiger partial charge >= 0.3 is 5.95 Å². The van der Waals surface area contributed by atoms with Crippen LogP contribution in [0.4, 0.5) is 17.3 Å². The monoisotopic (exact) mass is 306 g/mol. The van der Waals surface area contributed by atoms with Crippen LogP contribution >= 0.6 is 0 Å². The number of nitrogens with zero attached hydrogens (tertiary/aromatic N) is 5. The Morgan fingerprint density at radius 2 is 2.05 bits per heavy atom. The van der Waals surface area contributed by atoms with Crippen LogP contribution in [0.1, 0.15) is 5.56 Å². The molecule has 1 aromatic carbocycles. The normalized spacial score (nSPS) is 10.2. The lowest BCUT2D eigenvalue weighted by Gasteiger charge is -2.07. The molecule has 0 aliphatic rings. The predicted molar refractivity (Wildman–Crippen MR) is 73.1 cm³/mol. The number of carbonyl (C=O) groups is 1. The molecule has 1 amide bonds. The molecule has 0 bridgehead atoms. The predicted octanol–water partition coefficient (Wildman–Crippen LogP) is 1.04. The summed E-state index contributed by atoms with van der Waals surface area (Å²) in [6, 6.07) is 4.01. The molecule has 2 rings (SSSR count). The maximum atomic E-state index is 11.8. The van der Waals surface area contributed by atoms with Crippen LogP contribution in [-0.2, 0) is 11.3 Å². The van der Waals surface area contributed by atoms with E-state index in [2.05, 4.69) is 15.4 Å². The number of benzene rings is 1. The van der Waals surface area contributed by atoms with Crippen LogP contribution in [0.3, 0.4) is 0 Å². The smallest absolute Gasteiger partial charge is 0.390 e. The molecule has 11 heteroatoms. The van der Waals surface area contributed by atoms with Gasteiger partial charge in [0.05, 0.1) is 4.92 Å². The number of amides is 1. The summed E-state index contributed by atoms with van der Waals surface area (Å²) >= 11 is 0. The molecule has 0 radical (unpaired) electrons. The van der Waals surface area contributed by atoms with Crippen molar-refractivity contribution in [1.82, 2.24) is 14.8 Å². The molecule has 0 saturated heterocycles. The topological polar surface area (TPSA) is 146 Å². The molecule has 0 saturated carbocycles. The summed E-state index contributed by atoms with van der Waals surface area (Å²) in [4.78, 5) is 35.0. The van der Waals surface area contributed by atoms with Crippen LogP contribution in [0.5, 0.6) is 0 Å². The zero-order chi connectivity index (χ0) is 16.3. The number of nitro groups is 2. The number of hydrogen-bond donors (Lipinski definition) is 1. The highest BCUT2D eigenvalue weighted by molar-refractivity contribution is 5.91. The first-order chi connectivity index (χ1) is 10.4. The van der Waals surface area contributed by atoms with E-state index in [1.807, 2.05) is 0 Å². The number of anilines is 1. The van der Waals surface area contributed by atoms with Gasteiger partial charge in [-0.25, -0.2) is 0 Å². The molecular weight excluding hydrogens is 296 g/mol. The van der Waals surface area contributed by atoms with E-state index in [0.717, 1.165) is 11.0 Å². The molecule has 22 heavy (non-hydrogen) atoms. The number of rotatable bonds is 5. The van der Waals surface area contributed by atoms with Gasteiger partial charge < -0.3 is 15.4 Å². The zero-order valence-corrected chi connectivity index (χ0v) is 11.3. The van der Waals surface area contributed by atoms with Gasteiger partial charge in [-0.15, -0.1) is 0 Å². The van der Waals surface area contributed by atoms with Crippen molar-refractivity contribution < 1.29 is 14.6 Å². The minimum absolute atomic E-state index is 0.0811. The van der Waals surface area contributed by atoms with Crippen LogP contribution in [0.2, 0.25) is 0 Å². The van der Waals surface area contributed by atoms with Gasteiger partial charge in [0.15, 0.2) is 0 Å². The van der Waals surface area contributed by atoms with Gasteiger partial charge in [0.25, 0.3) is 5.69 Å². The number of aromatic nitrogens is 3. The first-order valence-electron chi connectivity index (χ1n) is 5.95. The number of hydrogen-bond acceptors (Lipinski definition) is 7. The molecule has 11 nitrogen and oxygen atoms in total. The van der Waals surface area contributed by atoms with Gasteiger partial charge in [0, 0.05) is 22.9 Å². The molecule has 0 aliphatic heterocycles. The lowest BCUT2D eigenvalue weighted by Crippen LogP contribution is -2.19. The van der Waals surface area contributed by atoms with Crippen molar-refractivity contribution >= 4 is 23.2 Å². The highest BCUT2D eigenvalue weighted by atomic mass is 16.6. The second-order valence-corrected chi connectivity index (χ2v) is 4.30. The van der Waals surface area contributed by atoms with Crippen molar-refractivity contribution in [3.63, 3.8) is 0 Å². The minimum atomic E-state index is -0.769. The molecular formula is C11H10N6O5. The van der Waals surface area contributed by atoms with Crippen LogP contribution in [0.15, 0.2) is 24.5 Å². The summed E-state index contributed by atoms with van der Waals surface area (Å²) < 4.78 is 1.02. The number of nitrogens with one attached hydrogen (secondary N) is 1. The van der Waals surface area contributed by atoms with Crippen molar-refractivity contribution in [3.8, 4) is 0 Å². The summed E-state index contributed by atoms with van der Waals surface area (Å²) in [5.74, 6) is -1.09. The van der Waals surface area contributed by atoms with Gasteiger partial charge in [-0.3, -0.25) is 14.9 Å². The van der Waals surface area contributed by atoms with E-state index in [1.165, 1.54) is 18.2 Å². The summed E-state index contributed by atoms with van der Waals surface area (Å²) in [5.41, 5.74) is 0.847. The van der Waals surface area contributed by atoms with Crippen molar-refractivity contribution in [2.45, 2.75) is 13.5 Å². The van der Waals surface area contributed by atoms with Gasteiger partial charge in [-0.2, -0.15) is 4.68 Å². The van der Waals surface area contributed by atoms with Gasteiger partial charge in [-0.05, 0) is 23.5 Å². The maximum Gasteiger partial charge on any atom is 0.490 e. The molecule has 0 spiro atoms. The Labute approximate surface area is 122 Å². The maximum absolute atomic E-state index is 11.8. The molecule has 1 N–H and O–H groups in total. The Morgan fingerprint density at radius 3 is 2.59 bits per heavy atom. The molecule has 1 aromatic heterocycles. The van der Waals surface area contributed by atoms with E-state index in [4.69, 9.17) is 0 Å². The molecule has 0 unspecified atom stereocenters. The third-order valence-corrected chi connectivity index (χ3v) is 2.69. The zero-order valence-electron chi connectivity index (χ0n) is 11.3. The third-order valence-electron chi connectivity index (χ3n) is 2.69. The van der Waals surface area contributed by atoms with Crippen molar-refractivity contribution in [2.24, 2.45) is 0 Å². The first-order valence-corrected chi connectivity index (χ1v) is 5.95. The van der Waals surface area contributed by atoms with Crippen LogP contribution in [-0.4, -0.2) is 30.5 Å². The Balaban J connectivity index is 2.05. The standard InChI is InChI=1S/C11H10N6O5/c1-7-4-8(16(19)20)2-3-9(7)13-10(18)5-15-6-12-11(14-15)17(21)22/h2-4,6H,5H2,1H3,(H,13,18).